The van der Waals surface area contributed by atoms with Crippen molar-refractivity contribution in [2.75, 3.05) is 0 Å². The molecule has 0 aliphatic rings. The SMILES string of the molecule is CC(C)[C@@H](N)c1ncno1. The van der Waals surface area contributed by atoms with E-state index in [2.05, 4.69) is 10.1 Å². The van der Waals surface area contributed by atoms with E-state index in [0.29, 0.717) is 11.8 Å². The highest BCUT2D eigenvalue weighted by atomic mass is 16.5. The first kappa shape index (κ1) is 7.21. The van der Waals surface area contributed by atoms with Gasteiger partial charge < -0.3 is 10.3 Å². The molecule has 0 fully saturated rings. The Hall–Kier alpha value is -0.900. The van der Waals surface area contributed by atoms with Crippen LogP contribution in [0.25, 0.3) is 0 Å². The lowest BCUT2D eigenvalue weighted by Gasteiger charge is -2.08. The van der Waals surface area contributed by atoms with Gasteiger partial charge in [0, 0.05) is 0 Å². The summed E-state index contributed by atoms with van der Waals surface area (Å²) in [6.07, 6.45) is 1.36. The summed E-state index contributed by atoms with van der Waals surface area (Å²) < 4.78 is 4.77. The van der Waals surface area contributed by atoms with E-state index < -0.39 is 0 Å². The highest BCUT2D eigenvalue weighted by Crippen LogP contribution is 2.14. The summed E-state index contributed by atoms with van der Waals surface area (Å²) in [7, 11) is 0. The zero-order valence-corrected chi connectivity index (χ0v) is 6.11. The van der Waals surface area contributed by atoms with Crippen molar-refractivity contribution in [2.24, 2.45) is 11.7 Å². The van der Waals surface area contributed by atoms with E-state index in [1.54, 1.807) is 0 Å². The van der Waals surface area contributed by atoms with E-state index in [-0.39, 0.29) is 6.04 Å². The molecule has 0 bridgehead atoms. The molecule has 1 rings (SSSR count). The molecule has 0 spiro atoms. The fraction of sp³-hybridized carbons (Fsp3) is 0.667. The van der Waals surface area contributed by atoms with Crippen molar-refractivity contribution in [3.8, 4) is 0 Å². The Morgan fingerprint density at radius 2 is 2.30 bits per heavy atom. The lowest BCUT2D eigenvalue weighted by Crippen LogP contribution is -2.16. The van der Waals surface area contributed by atoms with Crippen molar-refractivity contribution >= 4 is 0 Å². The average Bonchev–Trinajstić information content (AvgIpc) is 2.36. The van der Waals surface area contributed by atoms with Crippen molar-refractivity contribution in [3.63, 3.8) is 0 Å². The van der Waals surface area contributed by atoms with Gasteiger partial charge in [-0.15, -0.1) is 0 Å². The van der Waals surface area contributed by atoms with Gasteiger partial charge in [0.15, 0.2) is 6.33 Å². The number of hydrogen-bond donors (Lipinski definition) is 1. The largest absolute Gasteiger partial charge is 0.338 e. The summed E-state index contributed by atoms with van der Waals surface area (Å²) >= 11 is 0. The van der Waals surface area contributed by atoms with Crippen molar-refractivity contribution < 1.29 is 4.52 Å². The number of nitrogens with two attached hydrogens (primary N) is 1. The van der Waals surface area contributed by atoms with Gasteiger partial charge in [-0.2, -0.15) is 4.98 Å². The first-order valence-corrected chi connectivity index (χ1v) is 3.24. The Kier molecular flexibility index (Phi) is 2.01. The van der Waals surface area contributed by atoms with Crippen molar-refractivity contribution in [1.29, 1.82) is 0 Å². The summed E-state index contributed by atoms with van der Waals surface area (Å²) in [5.41, 5.74) is 5.69. The van der Waals surface area contributed by atoms with E-state index >= 15 is 0 Å². The second-order valence-electron chi connectivity index (χ2n) is 2.55. The maximum Gasteiger partial charge on any atom is 0.243 e. The van der Waals surface area contributed by atoms with E-state index in [1.165, 1.54) is 6.33 Å². The maximum absolute atomic E-state index is 5.69. The first-order chi connectivity index (χ1) is 4.72. The standard InChI is InChI=1S/C6H11N3O/c1-4(2)5(7)6-8-3-9-10-6/h3-5H,7H2,1-2H3/t5-/m1/s1. The minimum Gasteiger partial charge on any atom is -0.338 e. The zero-order valence-electron chi connectivity index (χ0n) is 6.11. The number of rotatable bonds is 2. The number of aromatic nitrogens is 2. The maximum atomic E-state index is 5.69. The van der Waals surface area contributed by atoms with Crippen molar-refractivity contribution in [1.82, 2.24) is 10.1 Å². The lowest BCUT2D eigenvalue weighted by molar-refractivity contribution is 0.324. The molecule has 0 radical (unpaired) electrons. The van der Waals surface area contributed by atoms with Crippen LogP contribution in [-0.4, -0.2) is 10.1 Å². The lowest BCUT2D eigenvalue weighted by atomic mass is 10.1. The topological polar surface area (TPSA) is 64.9 Å². The Morgan fingerprint density at radius 3 is 2.70 bits per heavy atom. The molecule has 0 amide bonds. The van der Waals surface area contributed by atoms with Crippen LogP contribution in [0.3, 0.4) is 0 Å². The number of hydrogen-bond acceptors (Lipinski definition) is 4. The Balaban J connectivity index is 2.68. The molecule has 1 aromatic rings. The predicted octanol–water partition coefficient (Wildman–Crippen LogP) is 0.725. The van der Waals surface area contributed by atoms with Crippen LogP contribution < -0.4 is 5.73 Å². The van der Waals surface area contributed by atoms with Gasteiger partial charge in [-0.3, -0.25) is 0 Å². The van der Waals surface area contributed by atoms with E-state index in [0.717, 1.165) is 0 Å². The molecule has 0 saturated carbocycles. The molecule has 1 heterocycles. The first-order valence-electron chi connectivity index (χ1n) is 3.24. The Bertz CT molecular complexity index is 183. The molecule has 10 heavy (non-hydrogen) atoms. The molecular weight excluding hydrogens is 130 g/mol. The predicted molar refractivity (Wildman–Crippen MR) is 36.1 cm³/mol. The second kappa shape index (κ2) is 2.79. The third-order valence-electron chi connectivity index (χ3n) is 1.38. The molecule has 0 unspecified atom stereocenters. The van der Waals surface area contributed by atoms with E-state index in [9.17, 15) is 0 Å². The second-order valence-corrected chi connectivity index (χ2v) is 2.55. The minimum absolute atomic E-state index is 0.137. The van der Waals surface area contributed by atoms with Crippen LogP contribution in [0.15, 0.2) is 10.9 Å². The van der Waals surface area contributed by atoms with Crippen LogP contribution in [0.2, 0.25) is 0 Å². The fourth-order valence-corrected chi connectivity index (χ4v) is 0.614. The molecule has 4 heteroatoms. The highest BCUT2D eigenvalue weighted by molar-refractivity contribution is 4.86. The monoisotopic (exact) mass is 141 g/mol. The van der Waals surface area contributed by atoms with Gasteiger partial charge in [-0.25, -0.2) is 0 Å². The fourth-order valence-electron chi connectivity index (χ4n) is 0.614. The van der Waals surface area contributed by atoms with Gasteiger partial charge in [-0.1, -0.05) is 19.0 Å². The van der Waals surface area contributed by atoms with Gasteiger partial charge in [0.25, 0.3) is 0 Å². The molecular formula is C6H11N3O. The van der Waals surface area contributed by atoms with E-state index in [4.69, 9.17) is 10.3 Å². The molecule has 1 atom stereocenters. The molecule has 2 N–H and O–H groups in total. The smallest absolute Gasteiger partial charge is 0.243 e. The molecule has 0 aliphatic carbocycles. The molecule has 0 aromatic carbocycles. The molecule has 4 nitrogen and oxygen atoms in total. The number of nitrogens with zero attached hydrogens (tertiary/aromatic N) is 2. The normalized spacial score (nSPS) is 14.0. The summed E-state index contributed by atoms with van der Waals surface area (Å²) in [5.74, 6) is 0.843. The van der Waals surface area contributed by atoms with Crippen LogP contribution in [0.4, 0.5) is 0 Å². The minimum atomic E-state index is -0.137. The van der Waals surface area contributed by atoms with Crippen molar-refractivity contribution in [3.05, 3.63) is 12.2 Å². The third kappa shape index (κ3) is 1.33. The molecule has 1 aromatic heterocycles. The summed E-state index contributed by atoms with van der Waals surface area (Å²) in [5, 5.41) is 3.46. The summed E-state index contributed by atoms with van der Waals surface area (Å²) in [6.45, 7) is 4.02. The van der Waals surface area contributed by atoms with Gasteiger partial charge in [-0.05, 0) is 5.92 Å². The van der Waals surface area contributed by atoms with Gasteiger partial charge in [0.05, 0.1) is 6.04 Å². The average molecular weight is 141 g/mol. The van der Waals surface area contributed by atoms with Gasteiger partial charge >= 0.3 is 0 Å². The molecule has 56 valence electrons. The third-order valence-corrected chi connectivity index (χ3v) is 1.38. The van der Waals surface area contributed by atoms with Crippen LogP contribution in [0, 0.1) is 5.92 Å². The zero-order chi connectivity index (χ0) is 7.56. The Labute approximate surface area is 59.4 Å². The summed E-state index contributed by atoms with van der Waals surface area (Å²) in [4.78, 5) is 3.83. The van der Waals surface area contributed by atoms with Crippen molar-refractivity contribution in [2.45, 2.75) is 19.9 Å². The molecule has 0 saturated heterocycles. The van der Waals surface area contributed by atoms with Crippen LogP contribution >= 0.6 is 0 Å². The quantitative estimate of drug-likeness (QED) is 0.659. The van der Waals surface area contributed by atoms with E-state index in [1.807, 2.05) is 13.8 Å². The van der Waals surface area contributed by atoms with Gasteiger partial charge in [0.2, 0.25) is 5.89 Å². The molecule has 0 aliphatic heterocycles. The Morgan fingerprint density at radius 1 is 1.60 bits per heavy atom. The van der Waals surface area contributed by atoms with Crippen LogP contribution in [0.1, 0.15) is 25.8 Å². The summed E-state index contributed by atoms with van der Waals surface area (Å²) in [6, 6.07) is -0.137. The van der Waals surface area contributed by atoms with Gasteiger partial charge in [0.1, 0.15) is 0 Å². The highest BCUT2D eigenvalue weighted by Gasteiger charge is 2.14. The van der Waals surface area contributed by atoms with Crippen LogP contribution in [0.5, 0.6) is 0 Å². The van der Waals surface area contributed by atoms with Crippen LogP contribution in [-0.2, 0) is 0 Å².